The molecule has 1 radical (unpaired) electrons. The van der Waals surface area contributed by atoms with Crippen molar-refractivity contribution in [3.05, 3.63) is 55.0 Å². The lowest BCUT2D eigenvalue weighted by Crippen LogP contribution is -2.35. The number of phenolic OH excluding ortho intramolecular Hbond substituents is 1. The van der Waals surface area contributed by atoms with E-state index in [-0.39, 0.29) is 5.75 Å². The van der Waals surface area contributed by atoms with Crippen LogP contribution in [0.25, 0.3) is 22.3 Å². The quantitative estimate of drug-likeness (QED) is 0.757. The SMILES string of the molecule is [CH2][C@H]1CCCN(c2nc(-c3ccccc3O)nc3cc(C)ccc23)C1. The molecule has 127 valence electrons. The number of hydrogen-bond donors (Lipinski definition) is 1. The zero-order valence-electron chi connectivity index (χ0n) is 14.4. The lowest BCUT2D eigenvalue weighted by atomic mass is 10.00. The molecule has 1 fully saturated rings. The highest BCUT2D eigenvalue weighted by atomic mass is 16.3. The Labute approximate surface area is 148 Å². The summed E-state index contributed by atoms with van der Waals surface area (Å²) in [4.78, 5) is 11.9. The highest BCUT2D eigenvalue weighted by molar-refractivity contribution is 5.91. The zero-order valence-corrected chi connectivity index (χ0v) is 14.4. The predicted molar refractivity (Wildman–Crippen MR) is 102 cm³/mol. The Balaban J connectivity index is 1.92. The van der Waals surface area contributed by atoms with Crippen molar-refractivity contribution < 1.29 is 5.11 Å². The first kappa shape index (κ1) is 15.9. The molecular formula is C21H22N3O. The normalized spacial score (nSPS) is 17.8. The van der Waals surface area contributed by atoms with Gasteiger partial charge in [0.25, 0.3) is 0 Å². The van der Waals surface area contributed by atoms with Crippen LogP contribution in [0.1, 0.15) is 18.4 Å². The van der Waals surface area contributed by atoms with Crippen LogP contribution in [0, 0.1) is 19.8 Å². The third-order valence-corrected chi connectivity index (χ3v) is 4.80. The standard InChI is InChI=1S/C21H22N3O/c1-14-9-10-16-18(12-14)22-20(17-7-3-4-8-19(17)25)23-21(16)24-11-5-6-15(2)13-24/h3-4,7-10,12,15,25H,2,5-6,11,13H2,1H3/t15-/m0/s1. The van der Waals surface area contributed by atoms with E-state index in [4.69, 9.17) is 9.97 Å². The van der Waals surface area contributed by atoms with E-state index in [1.54, 1.807) is 6.07 Å². The molecule has 1 saturated heterocycles. The third-order valence-electron chi connectivity index (χ3n) is 4.80. The molecule has 3 aromatic rings. The van der Waals surface area contributed by atoms with E-state index in [9.17, 15) is 5.11 Å². The van der Waals surface area contributed by atoms with Crippen molar-refractivity contribution in [1.82, 2.24) is 9.97 Å². The summed E-state index contributed by atoms with van der Waals surface area (Å²) >= 11 is 0. The molecule has 0 bridgehead atoms. The fourth-order valence-electron chi connectivity index (χ4n) is 3.50. The largest absolute Gasteiger partial charge is 0.507 e. The number of benzene rings is 2. The van der Waals surface area contributed by atoms with E-state index in [1.807, 2.05) is 18.2 Å². The van der Waals surface area contributed by atoms with Crippen LogP contribution in [0.2, 0.25) is 0 Å². The van der Waals surface area contributed by atoms with Gasteiger partial charge in [0.1, 0.15) is 11.6 Å². The van der Waals surface area contributed by atoms with E-state index in [0.717, 1.165) is 48.2 Å². The van der Waals surface area contributed by atoms with Crippen LogP contribution >= 0.6 is 0 Å². The fraction of sp³-hybridized carbons (Fsp3) is 0.286. The Morgan fingerprint density at radius 3 is 2.80 bits per heavy atom. The first-order valence-corrected chi connectivity index (χ1v) is 8.76. The number of nitrogens with zero attached hydrogens (tertiary/aromatic N) is 3. The van der Waals surface area contributed by atoms with Crippen molar-refractivity contribution in [2.75, 3.05) is 18.0 Å². The van der Waals surface area contributed by atoms with E-state index in [0.29, 0.717) is 17.3 Å². The van der Waals surface area contributed by atoms with Gasteiger partial charge in [-0.2, -0.15) is 0 Å². The molecule has 0 amide bonds. The second-order valence-corrected chi connectivity index (χ2v) is 6.86. The van der Waals surface area contributed by atoms with Crippen LogP contribution in [-0.2, 0) is 0 Å². The van der Waals surface area contributed by atoms with Gasteiger partial charge in [-0.25, -0.2) is 9.97 Å². The predicted octanol–water partition coefficient (Wildman–Crippen LogP) is 4.36. The van der Waals surface area contributed by atoms with E-state index in [2.05, 4.69) is 36.9 Å². The Morgan fingerprint density at radius 1 is 1.16 bits per heavy atom. The topological polar surface area (TPSA) is 49.2 Å². The highest BCUT2D eigenvalue weighted by Gasteiger charge is 2.21. The minimum absolute atomic E-state index is 0.203. The van der Waals surface area contributed by atoms with Crippen LogP contribution in [0.3, 0.4) is 0 Å². The zero-order chi connectivity index (χ0) is 17.4. The number of hydrogen-bond acceptors (Lipinski definition) is 4. The van der Waals surface area contributed by atoms with Gasteiger partial charge in [0.05, 0.1) is 11.1 Å². The molecule has 1 N–H and O–H groups in total. The van der Waals surface area contributed by atoms with Crippen molar-refractivity contribution >= 4 is 16.7 Å². The Morgan fingerprint density at radius 2 is 2.00 bits per heavy atom. The van der Waals surface area contributed by atoms with Gasteiger partial charge < -0.3 is 10.0 Å². The molecule has 0 spiro atoms. The van der Waals surface area contributed by atoms with Gasteiger partial charge >= 0.3 is 0 Å². The molecule has 25 heavy (non-hydrogen) atoms. The molecular weight excluding hydrogens is 310 g/mol. The third kappa shape index (κ3) is 3.04. The van der Waals surface area contributed by atoms with E-state index in [1.165, 1.54) is 0 Å². The van der Waals surface area contributed by atoms with Gasteiger partial charge in [0.15, 0.2) is 5.82 Å². The summed E-state index contributed by atoms with van der Waals surface area (Å²) in [6.07, 6.45) is 2.28. The van der Waals surface area contributed by atoms with Gasteiger partial charge in [0.2, 0.25) is 0 Å². The highest BCUT2D eigenvalue weighted by Crippen LogP contribution is 2.33. The first-order valence-electron chi connectivity index (χ1n) is 8.76. The average Bonchev–Trinajstić information content (AvgIpc) is 2.61. The van der Waals surface area contributed by atoms with Crippen LogP contribution in [0.15, 0.2) is 42.5 Å². The molecule has 2 aromatic carbocycles. The van der Waals surface area contributed by atoms with Gasteiger partial charge in [-0.3, -0.25) is 0 Å². The summed E-state index contributed by atoms with van der Waals surface area (Å²) in [5.41, 5.74) is 2.74. The van der Waals surface area contributed by atoms with Crippen LogP contribution in [0.5, 0.6) is 5.75 Å². The number of piperidine rings is 1. The summed E-state index contributed by atoms with van der Waals surface area (Å²) in [5.74, 6) is 2.13. The molecule has 4 nitrogen and oxygen atoms in total. The van der Waals surface area contributed by atoms with Crippen LogP contribution in [0.4, 0.5) is 5.82 Å². The molecule has 0 unspecified atom stereocenters. The summed E-state index contributed by atoms with van der Waals surface area (Å²) in [5, 5.41) is 11.3. The smallest absolute Gasteiger partial charge is 0.165 e. The first-order chi connectivity index (χ1) is 12.1. The number of aryl methyl sites for hydroxylation is 1. The number of anilines is 1. The van der Waals surface area contributed by atoms with Gasteiger partial charge in [0, 0.05) is 18.5 Å². The number of fused-ring (bicyclic) bond motifs is 1. The number of para-hydroxylation sites is 1. The number of rotatable bonds is 2. The fourth-order valence-corrected chi connectivity index (χ4v) is 3.50. The van der Waals surface area contributed by atoms with Crippen molar-refractivity contribution in [2.45, 2.75) is 19.8 Å². The molecule has 1 aliphatic heterocycles. The van der Waals surface area contributed by atoms with Gasteiger partial charge in [-0.05, 0) is 62.4 Å². The van der Waals surface area contributed by atoms with Crippen LogP contribution in [-0.4, -0.2) is 28.2 Å². The van der Waals surface area contributed by atoms with Crippen molar-refractivity contribution in [3.63, 3.8) is 0 Å². The monoisotopic (exact) mass is 332 g/mol. The Bertz CT molecular complexity index is 922. The summed E-state index contributed by atoms with van der Waals surface area (Å²) in [6, 6.07) is 13.5. The molecule has 0 aliphatic carbocycles. The van der Waals surface area contributed by atoms with E-state index < -0.39 is 0 Å². The van der Waals surface area contributed by atoms with Crippen molar-refractivity contribution in [2.24, 2.45) is 5.92 Å². The summed E-state index contributed by atoms with van der Waals surface area (Å²) < 4.78 is 0. The van der Waals surface area contributed by atoms with E-state index >= 15 is 0 Å². The maximum Gasteiger partial charge on any atom is 0.165 e. The van der Waals surface area contributed by atoms with Crippen molar-refractivity contribution in [1.29, 1.82) is 0 Å². The second kappa shape index (κ2) is 6.36. The number of aromatic nitrogens is 2. The maximum atomic E-state index is 10.2. The second-order valence-electron chi connectivity index (χ2n) is 6.86. The molecule has 0 saturated carbocycles. The Kier molecular flexibility index (Phi) is 4.04. The molecule has 2 heterocycles. The molecule has 1 atom stereocenters. The number of aromatic hydroxyl groups is 1. The Hall–Kier alpha value is -2.62. The van der Waals surface area contributed by atoms with Crippen molar-refractivity contribution in [3.8, 4) is 17.1 Å². The van der Waals surface area contributed by atoms with Gasteiger partial charge in [-0.1, -0.05) is 18.2 Å². The molecule has 1 aliphatic rings. The summed E-state index contributed by atoms with van der Waals surface area (Å²) in [6.45, 7) is 8.18. The van der Waals surface area contributed by atoms with Crippen LogP contribution < -0.4 is 4.90 Å². The molecule has 4 heteroatoms. The minimum Gasteiger partial charge on any atom is -0.507 e. The summed E-state index contributed by atoms with van der Waals surface area (Å²) in [7, 11) is 0. The average molecular weight is 332 g/mol. The molecule has 1 aromatic heterocycles. The lowest BCUT2D eigenvalue weighted by Gasteiger charge is -2.32. The van der Waals surface area contributed by atoms with Gasteiger partial charge in [-0.15, -0.1) is 0 Å². The molecule has 4 rings (SSSR count). The minimum atomic E-state index is 0.203. The number of phenols is 1. The maximum absolute atomic E-state index is 10.2. The lowest BCUT2D eigenvalue weighted by molar-refractivity contribution is 0.476.